The molecule has 0 saturated heterocycles. The van der Waals surface area contributed by atoms with Gasteiger partial charge in [-0.25, -0.2) is 4.39 Å². The lowest BCUT2D eigenvalue weighted by molar-refractivity contribution is -0.137. The van der Waals surface area contributed by atoms with Gasteiger partial charge in [0, 0.05) is 12.1 Å². The van der Waals surface area contributed by atoms with E-state index in [9.17, 15) is 22.4 Å². The van der Waals surface area contributed by atoms with Gasteiger partial charge < -0.3 is 10.1 Å². The van der Waals surface area contributed by atoms with E-state index in [1.807, 2.05) is 0 Å². The lowest BCUT2D eigenvalue weighted by Crippen LogP contribution is -2.18. The first kappa shape index (κ1) is 16.6. The molecule has 0 unspecified atom stereocenters. The molecule has 1 aliphatic heterocycles. The van der Waals surface area contributed by atoms with Crippen LogP contribution in [0.3, 0.4) is 0 Å². The lowest BCUT2D eigenvalue weighted by Gasteiger charge is -2.18. The van der Waals surface area contributed by atoms with Crippen molar-refractivity contribution >= 4 is 23.2 Å². The Bertz CT molecular complexity index is 797. The van der Waals surface area contributed by atoms with Crippen LogP contribution in [0.2, 0.25) is 5.02 Å². The summed E-state index contributed by atoms with van der Waals surface area (Å²) < 4.78 is 57.1. The van der Waals surface area contributed by atoms with Crippen LogP contribution >= 0.6 is 11.6 Å². The van der Waals surface area contributed by atoms with E-state index >= 15 is 0 Å². The summed E-state index contributed by atoms with van der Waals surface area (Å²) in [4.78, 5) is 11.3. The van der Waals surface area contributed by atoms with Crippen LogP contribution in [0.15, 0.2) is 30.3 Å². The van der Waals surface area contributed by atoms with Crippen LogP contribution in [0.5, 0.6) is 11.5 Å². The van der Waals surface area contributed by atoms with E-state index in [-0.39, 0.29) is 11.7 Å². The molecule has 1 aliphatic rings. The highest BCUT2D eigenvalue weighted by Gasteiger charge is 2.32. The van der Waals surface area contributed by atoms with Crippen molar-refractivity contribution in [2.24, 2.45) is 0 Å². The van der Waals surface area contributed by atoms with E-state index in [1.165, 1.54) is 6.07 Å². The van der Waals surface area contributed by atoms with Gasteiger partial charge in [0.1, 0.15) is 5.75 Å². The Balaban J connectivity index is 1.90. The second kappa shape index (κ2) is 5.98. The second-order valence-corrected chi connectivity index (χ2v) is 5.64. The summed E-state index contributed by atoms with van der Waals surface area (Å²) in [7, 11) is 0. The predicted molar refractivity (Wildman–Crippen MR) is 79.9 cm³/mol. The molecule has 2 aromatic carbocycles. The largest absolute Gasteiger partial charge is 0.453 e. The number of halogens is 5. The van der Waals surface area contributed by atoms with Gasteiger partial charge in [-0.15, -0.1) is 0 Å². The van der Waals surface area contributed by atoms with Crippen molar-refractivity contribution in [3.05, 3.63) is 52.3 Å². The monoisotopic (exact) mass is 359 g/mol. The fraction of sp³-hybridized carbons (Fsp3) is 0.188. The number of hydrogen-bond donors (Lipinski definition) is 1. The minimum atomic E-state index is -4.70. The van der Waals surface area contributed by atoms with Crippen molar-refractivity contribution in [2.75, 3.05) is 5.32 Å². The molecule has 0 saturated carbocycles. The Labute approximate surface area is 139 Å². The summed E-state index contributed by atoms with van der Waals surface area (Å²) in [5.41, 5.74) is 0.221. The molecule has 1 amide bonds. The minimum absolute atomic E-state index is 0.104. The number of rotatable bonds is 2. The third-order valence-electron chi connectivity index (χ3n) is 3.52. The van der Waals surface area contributed by atoms with Gasteiger partial charge in [-0.2, -0.15) is 13.2 Å². The van der Waals surface area contributed by atoms with E-state index in [1.54, 1.807) is 12.1 Å². The van der Waals surface area contributed by atoms with Gasteiger partial charge in [-0.05, 0) is 42.3 Å². The average Bonchev–Trinajstić information content (AvgIpc) is 2.49. The van der Waals surface area contributed by atoms with Crippen molar-refractivity contribution in [2.45, 2.75) is 19.0 Å². The third kappa shape index (κ3) is 3.31. The number of amides is 1. The van der Waals surface area contributed by atoms with Crippen molar-refractivity contribution in [1.82, 2.24) is 0 Å². The quantitative estimate of drug-likeness (QED) is 0.751. The molecular weight excluding hydrogens is 350 g/mol. The number of ether oxygens (including phenoxy) is 1. The number of nitrogens with one attached hydrogen (secondary N) is 1. The molecular formula is C16H10ClF4NO2. The Hall–Kier alpha value is -2.28. The van der Waals surface area contributed by atoms with Crippen LogP contribution < -0.4 is 10.1 Å². The van der Waals surface area contributed by atoms with Crippen molar-refractivity contribution in [3.8, 4) is 11.5 Å². The number of carbonyl (C=O) groups is 1. The summed E-state index contributed by atoms with van der Waals surface area (Å²) >= 11 is 5.73. The molecule has 0 fully saturated rings. The third-order valence-corrected chi connectivity index (χ3v) is 3.80. The predicted octanol–water partition coefficient (Wildman–Crippen LogP) is 5.17. The van der Waals surface area contributed by atoms with E-state index in [2.05, 4.69) is 5.32 Å². The second-order valence-electron chi connectivity index (χ2n) is 5.24. The molecule has 8 heteroatoms. The maximum absolute atomic E-state index is 14.0. The van der Waals surface area contributed by atoms with Crippen LogP contribution in [0, 0.1) is 5.82 Å². The zero-order valence-corrected chi connectivity index (χ0v) is 12.8. The fourth-order valence-electron chi connectivity index (χ4n) is 2.36. The maximum atomic E-state index is 14.0. The van der Waals surface area contributed by atoms with Gasteiger partial charge >= 0.3 is 6.18 Å². The van der Waals surface area contributed by atoms with Gasteiger partial charge in [-0.3, -0.25) is 4.79 Å². The van der Waals surface area contributed by atoms with Crippen molar-refractivity contribution in [3.63, 3.8) is 0 Å². The van der Waals surface area contributed by atoms with Gasteiger partial charge in [0.05, 0.1) is 10.6 Å². The molecule has 0 aromatic heterocycles. The summed E-state index contributed by atoms with van der Waals surface area (Å²) in [6, 6.07) is 5.58. The molecule has 0 spiro atoms. The summed E-state index contributed by atoms with van der Waals surface area (Å²) in [5.74, 6) is -1.58. The van der Waals surface area contributed by atoms with Crippen LogP contribution in [-0.4, -0.2) is 5.91 Å². The first-order valence-electron chi connectivity index (χ1n) is 6.91. The zero-order chi connectivity index (χ0) is 17.5. The molecule has 2 aromatic rings. The number of anilines is 1. The van der Waals surface area contributed by atoms with E-state index in [0.29, 0.717) is 30.7 Å². The summed E-state index contributed by atoms with van der Waals surface area (Å²) in [6.45, 7) is 0. The molecule has 0 bridgehead atoms. The molecule has 1 N–H and O–H groups in total. The highest BCUT2D eigenvalue weighted by atomic mass is 35.5. The number of hydrogen-bond acceptors (Lipinski definition) is 2. The maximum Gasteiger partial charge on any atom is 0.416 e. The SMILES string of the molecule is O=C1CCc2cc(Oc3c(F)cc(C(F)(F)F)cc3Cl)ccc2N1. The molecule has 126 valence electrons. The van der Waals surface area contributed by atoms with Gasteiger partial charge in [0.25, 0.3) is 0 Å². The average molecular weight is 360 g/mol. The summed E-state index contributed by atoms with van der Waals surface area (Å²) in [5, 5.41) is 2.20. The molecule has 1 heterocycles. The molecule has 3 rings (SSSR count). The molecule has 0 radical (unpaired) electrons. The fourth-order valence-corrected chi connectivity index (χ4v) is 2.61. The van der Waals surface area contributed by atoms with Gasteiger partial charge in [0.15, 0.2) is 11.6 Å². The first-order chi connectivity index (χ1) is 11.2. The van der Waals surface area contributed by atoms with E-state index in [0.717, 1.165) is 5.56 Å². The molecule has 0 atom stereocenters. The Morgan fingerprint density at radius 3 is 2.54 bits per heavy atom. The highest BCUT2D eigenvalue weighted by Crippen LogP contribution is 2.39. The Morgan fingerprint density at radius 1 is 1.12 bits per heavy atom. The molecule has 3 nitrogen and oxygen atoms in total. The van der Waals surface area contributed by atoms with Crippen LogP contribution in [-0.2, 0) is 17.4 Å². The first-order valence-corrected chi connectivity index (χ1v) is 7.29. The van der Waals surface area contributed by atoms with Gasteiger partial charge in [-0.1, -0.05) is 11.6 Å². The number of aryl methyl sites for hydroxylation is 1. The van der Waals surface area contributed by atoms with Crippen LogP contribution in [0.4, 0.5) is 23.2 Å². The van der Waals surface area contributed by atoms with E-state index < -0.39 is 28.3 Å². The van der Waals surface area contributed by atoms with Gasteiger partial charge in [0.2, 0.25) is 5.91 Å². The van der Waals surface area contributed by atoms with Crippen molar-refractivity contribution in [1.29, 1.82) is 0 Å². The minimum Gasteiger partial charge on any atom is -0.453 e. The Morgan fingerprint density at radius 2 is 1.88 bits per heavy atom. The number of alkyl halides is 3. The normalized spacial score (nSPS) is 14.1. The topological polar surface area (TPSA) is 38.3 Å². The van der Waals surface area contributed by atoms with Crippen LogP contribution in [0.25, 0.3) is 0 Å². The number of benzene rings is 2. The Kier molecular flexibility index (Phi) is 4.13. The van der Waals surface area contributed by atoms with E-state index in [4.69, 9.17) is 16.3 Å². The lowest BCUT2D eigenvalue weighted by atomic mass is 10.0. The highest BCUT2D eigenvalue weighted by molar-refractivity contribution is 6.32. The number of carbonyl (C=O) groups excluding carboxylic acids is 1. The molecule has 0 aliphatic carbocycles. The summed E-state index contributed by atoms with van der Waals surface area (Å²) in [6.07, 6.45) is -3.90. The number of fused-ring (bicyclic) bond motifs is 1. The molecule has 24 heavy (non-hydrogen) atoms. The standard InChI is InChI=1S/C16H10ClF4NO2/c17-11-6-9(16(19,20)21)7-12(18)15(11)24-10-2-3-13-8(5-10)1-4-14(23)22-13/h2-3,5-7H,1,4H2,(H,22,23). The smallest absolute Gasteiger partial charge is 0.416 e. The van der Waals surface area contributed by atoms with Crippen molar-refractivity contribution < 1.29 is 27.1 Å². The zero-order valence-electron chi connectivity index (χ0n) is 12.0. The van der Waals surface area contributed by atoms with Crippen LogP contribution in [0.1, 0.15) is 17.5 Å².